The Bertz CT molecular complexity index is 155. The zero-order chi connectivity index (χ0) is 12.9. The van der Waals surface area contributed by atoms with E-state index in [2.05, 4.69) is 9.67 Å². The van der Waals surface area contributed by atoms with E-state index in [9.17, 15) is 0 Å². The quantitative estimate of drug-likeness (QED) is 0.140. The predicted octanol–water partition coefficient (Wildman–Crippen LogP) is -5.63. The molecule has 0 bridgehead atoms. The van der Waals surface area contributed by atoms with Crippen LogP contribution in [0.5, 0.6) is 0 Å². The van der Waals surface area contributed by atoms with Crippen molar-refractivity contribution < 1.29 is 45.0 Å². The summed E-state index contributed by atoms with van der Waals surface area (Å²) in [5.74, 6) is 0. The second-order valence-corrected chi connectivity index (χ2v) is 6.87. The van der Waals surface area contributed by atoms with Crippen LogP contribution in [0.15, 0.2) is 0 Å². The Labute approximate surface area is 131 Å². The van der Waals surface area contributed by atoms with Crippen molar-refractivity contribution in [3.05, 3.63) is 0 Å². The SMILES string of the molecule is [Bi+3].[O]=[Sn]([O-])[O]O.[O]=[Sn]([O-])[O]O.[O]=[Sn]([O-])[O]O. The molecule has 0 saturated heterocycles. The van der Waals surface area contributed by atoms with Crippen molar-refractivity contribution in [1.82, 2.24) is 0 Å². The summed E-state index contributed by atoms with van der Waals surface area (Å²) in [5, 5.41) is 21.3. The van der Waals surface area contributed by atoms with Gasteiger partial charge in [0.2, 0.25) is 0 Å². The van der Waals surface area contributed by atoms with E-state index in [-0.39, 0.29) is 26.2 Å². The molecule has 0 atom stereocenters. The van der Waals surface area contributed by atoms with E-state index in [4.69, 9.17) is 35.3 Å². The molecule has 0 aliphatic carbocycles. The first kappa shape index (κ1) is 26.8. The summed E-state index contributed by atoms with van der Waals surface area (Å²) in [6.45, 7) is 0. The molecule has 0 spiro atoms. The third-order valence-corrected chi connectivity index (χ3v) is 1.50. The van der Waals surface area contributed by atoms with Crippen molar-refractivity contribution in [1.29, 1.82) is 0 Å². The van der Waals surface area contributed by atoms with E-state index in [1.807, 2.05) is 0 Å². The molecule has 3 N–H and O–H groups in total. The molecular formula is H3BiO12Sn3. The van der Waals surface area contributed by atoms with Gasteiger partial charge in [-0.05, 0) is 0 Å². The maximum absolute atomic E-state index is 9.06. The Balaban J connectivity index is -0.0000000655. The van der Waals surface area contributed by atoms with E-state index in [0.717, 1.165) is 0 Å². The minimum atomic E-state index is -4.02. The normalized spacial score (nSPS) is 7.12. The summed E-state index contributed by atoms with van der Waals surface area (Å²) in [4.78, 5) is 0. The van der Waals surface area contributed by atoms with Crippen molar-refractivity contribution >= 4 is 87.9 Å². The molecule has 0 aromatic rings. The molecule has 0 amide bonds. The van der Waals surface area contributed by atoms with Crippen LogP contribution in [0.2, 0.25) is 0 Å². The average Bonchev–Trinajstić information content (AvgIpc) is 2.19. The summed E-state index contributed by atoms with van der Waals surface area (Å²) in [6.07, 6.45) is 0. The minimum absolute atomic E-state index is 0. The molecule has 0 saturated carbocycles. The van der Waals surface area contributed by atoms with Crippen LogP contribution < -0.4 is 10.3 Å². The third-order valence-electron chi connectivity index (χ3n) is 0.224. The first-order valence-corrected chi connectivity index (χ1v) is 12.9. The fourth-order valence-corrected chi connectivity index (χ4v) is 0. The van der Waals surface area contributed by atoms with Crippen LogP contribution in [0.3, 0.4) is 0 Å². The molecule has 12 nitrogen and oxygen atoms in total. The Morgan fingerprint density at radius 3 is 0.750 bits per heavy atom. The van der Waals surface area contributed by atoms with E-state index in [0.29, 0.717) is 0 Å². The fraction of sp³-hybridized carbons (Fsp3) is 0. The van der Waals surface area contributed by atoms with Crippen LogP contribution in [0.25, 0.3) is 0 Å². The Hall–Kier alpha value is 2.32. The topological polar surface area (TPSA) is 209 Å². The Morgan fingerprint density at radius 2 is 0.750 bits per heavy atom. The molecule has 0 fully saturated rings. The van der Waals surface area contributed by atoms with E-state index >= 15 is 0 Å². The Morgan fingerprint density at radius 1 is 0.688 bits per heavy atom. The molecule has 92 valence electrons. The van der Waals surface area contributed by atoms with Crippen molar-refractivity contribution in [3.63, 3.8) is 0 Å². The van der Waals surface area contributed by atoms with Crippen molar-refractivity contribution in [2.24, 2.45) is 0 Å². The van der Waals surface area contributed by atoms with Gasteiger partial charge in [-0.15, -0.1) is 0 Å². The van der Waals surface area contributed by atoms with E-state index in [1.54, 1.807) is 0 Å². The first-order valence-electron chi connectivity index (χ1n) is 2.38. The monoisotopic (exact) mass is 764 g/mol. The van der Waals surface area contributed by atoms with Gasteiger partial charge in [-0.2, -0.15) is 0 Å². The van der Waals surface area contributed by atoms with Gasteiger partial charge in [0.05, 0.1) is 0 Å². The predicted molar refractivity (Wildman–Crippen MR) is 36.2 cm³/mol. The molecule has 0 aromatic heterocycles. The average molecular weight is 760 g/mol. The molecule has 0 unspecified atom stereocenters. The Kier molecular flexibility index (Phi) is 37.7. The molecule has 16 heteroatoms. The zero-order valence-electron chi connectivity index (χ0n) is 6.96. The third kappa shape index (κ3) is 55.3. The van der Waals surface area contributed by atoms with Gasteiger partial charge in [0, 0.05) is 0 Å². The molecule has 0 heterocycles. The number of hydrogen-bond acceptors (Lipinski definition) is 12. The van der Waals surface area contributed by atoms with E-state index < -0.39 is 61.7 Å². The van der Waals surface area contributed by atoms with E-state index in [1.165, 1.54) is 0 Å². The van der Waals surface area contributed by atoms with Crippen LogP contribution >= 0.6 is 0 Å². The maximum atomic E-state index is 9.06. The molecule has 0 aromatic carbocycles. The summed E-state index contributed by atoms with van der Waals surface area (Å²) in [7, 11) is 0. The second kappa shape index (κ2) is 22.5. The van der Waals surface area contributed by atoms with Crippen LogP contribution in [-0.2, 0) is 18.9 Å². The summed E-state index contributed by atoms with van der Waals surface area (Å²) in [6, 6.07) is 0. The van der Waals surface area contributed by atoms with Crippen LogP contribution in [0, 0.1) is 0 Å². The fourth-order valence-electron chi connectivity index (χ4n) is 0. The van der Waals surface area contributed by atoms with Crippen molar-refractivity contribution in [2.45, 2.75) is 0 Å². The van der Waals surface area contributed by atoms with Gasteiger partial charge in [-0.25, -0.2) is 0 Å². The molecule has 0 rings (SSSR count). The molecular weight excluding hydrogens is 757 g/mol. The summed E-state index contributed by atoms with van der Waals surface area (Å²) in [5.41, 5.74) is 0. The molecule has 0 aliphatic rings. The molecule has 0 aliphatic heterocycles. The van der Waals surface area contributed by atoms with Gasteiger partial charge in [0.15, 0.2) is 0 Å². The molecule has 2 radical (unpaired) electrons. The first-order chi connectivity index (χ1) is 6.81. The van der Waals surface area contributed by atoms with Crippen LogP contribution in [-0.4, -0.2) is 104 Å². The van der Waals surface area contributed by atoms with Gasteiger partial charge < -0.3 is 0 Å². The van der Waals surface area contributed by atoms with Gasteiger partial charge in [0.25, 0.3) is 0 Å². The van der Waals surface area contributed by atoms with Gasteiger partial charge >= 0.3 is 133 Å². The van der Waals surface area contributed by atoms with Crippen molar-refractivity contribution in [2.75, 3.05) is 0 Å². The second-order valence-electron chi connectivity index (χ2n) is 1.02. The van der Waals surface area contributed by atoms with Crippen LogP contribution in [0.4, 0.5) is 0 Å². The summed E-state index contributed by atoms with van der Waals surface area (Å²) >= 11 is -12.1. The molecule has 16 heavy (non-hydrogen) atoms. The summed E-state index contributed by atoms with van der Waals surface area (Å²) < 4.78 is 62.9. The zero-order valence-corrected chi connectivity index (χ0v) is 19.0. The van der Waals surface area contributed by atoms with Gasteiger partial charge in [-0.3, -0.25) is 0 Å². The van der Waals surface area contributed by atoms with Gasteiger partial charge in [0.1, 0.15) is 0 Å². The van der Waals surface area contributed by atoms with Crippen molar-refractivity contribution in [3.8, 4) is 0 Å². The van der Waals surface area contributed by atoms with Gasteiger partial charge in [-0.1, -0.05) is 0 Å². The number of hydrogen-bond donors (Lipinski definition) is 3. The van der Waals surface area contributed by atoms with Crippen LogP contribution in [0.1, 0.15) is 0 Å². The standard InChI is InChI=1S/Bi.3H2O2.6O.3Sn/c;3*1-2;;;;;;;;;/h;3*1-2H;;;;;;;;;/q+3;;;;;;;3*-1;3*+1/p-3. The number of rotatable bonds is 3.